The molecule has 1 aromatic carbocycles. The molecule has 22 heavy (non-hydrogen) atoms. The summed E-state index contributed by atoms with van der Waals surface area (Å²) in [6, 6.07) is 7.55. The van der Waals surface area contributed by atoms with Crippen molar-refractivity contribution < 1.29 is 9.53 Å². The maximum atomic E-state index is 11.9. The minimum atomic E-state index is -0.0107. The summed E-state index contributed by atoms with van der Waals surface area (Å²) >= 11 is 7.42. The van der Waals surface area contributed by atoms with Crippen molar-refractivity contribution in [3.63, 3.8) is 0 Å². The van der Waals surface area contributed by atoms with E-state index in [4.69, 9.17) is 16.3 Å². The summed E-state index contributed by atoms with van der Waals surface area (Å²) in [6.45, 7) is 1.39. The molecular formula is C16H17ClN2O2S. The Bertz CT molecular complexity index is 636. The summed E-state index contributed by atoms with van der Waals surface area (Å²) in [5.41, 5.74) is 1.81. The number of hydrogen-bond acceptors (Lipinski definition) is 4. The Morgan fingerprint density at radius 3 is 2.95 bits per heavy atom. The topological polar surface area (TPSA) is 51.2 Å². The molecule has 0 aliphatic carbocycles. The number of hydrogen-bond donors (Lipinski definition) is 1. The predicted octanol–water partition coefficient (Wildman–Crippen LogP) is 3.30. The van der Waals surface area contributed by atoms with Crippen LogP contribution >= 0.6 is 22.9 Å². The molecule has 3 rings (SSSR count). The first-order valence-electron chi connectivity index (χ1n) is 7.29. The molecule has 0 radical (unpaired) electrons. The zero-order valence-corrected chi connectivity index (χ0v) is 13.6. The third-order valence-electron chi connectivity index (χ3n) is 3.54. The third-order valence-corrected chi connectivity index (χ3v) is 4.73. The van der Waals surface area contributed by atoms with Crippen LogP contribution in [0.1, 0.15) is 18.5 Å². The molecule has 0 spiro atoms. The fraction of sp³-hybridized carbons (Fsp3) is 0.375. The molecule has 0 bridgehead atoms. The highest BCUT2D eigenvalue weighted by molar-refractivity contribution is 7.13. The maximum Gasteiger partial charge on any atom is 0.226 e. The van der Waals surface area contributed by atoms with E-state index in [9.17, 15) is 4.79 Å². The van der Waals surface area contributed by atoms with Crippen molar-refractivity contribution in [2.75, 3.05) is 13.2 Å². The molecule has 6 heteroatoms. The van der Waals surface area contributed by atoms with E-state index >= 15 is 0 Å². The summed E-state index contributed by atoms with van der Waals surface area (Å²) in [5.74, 6) is -0.0107. The molecule has 1 aliphatic rings. The third kappa shape index (κ3) is 4.06. The standard InChI is InChI=1S/C16H17ClN2O2S/c17-12-5-3-11(4-6-12)16-19-13(10-22-16)8-15(20)18-9-14-2-1-7-21-14/h3-6,10,14H,1-2,7-9H2,(H,18,20). The van der Waals surface area contributed by atoms with E-state index in [1.165, 1.54) is 11.3 Å². The van der Waals surface area contributed by atoms with Crippen LogP contribution < -0.4 is 5.32 Å². The monoisotopic (exact) mass is 336 g/mol. The van der Waals surface area contributed by atoms with Gasteiger partial charge in [0.15, 0.2) is 0 Å². The molecule has 2 heterocycles. The number of halogens is 1. The van der Waals surface area contributed by atoms with Gasteiger partial charge >= 0.3 is 0 Å². The first-order valence-corrected chi connectivity index (χ1v) is 8.55. The predicted molar refractivity (Wildman–Crippen MR) is 88.2 cm³/mol. The van der Waals surface area contributed by atoms with Crippen LogP contribution in [0.2, 0.25) is 5.02 Å². The second-order valence-electron chi connectivity index (χ2n) is 5.27. The largest absolute Gasteiger partial charge is 0.376 e. The number of carbonyl (C=O) groups excluding carboxylic acids is 1. The molecule has 1 N–H and O–H groups in total. The number of amides is 1. The van der Waals surface area contributed by atoms with Gasteiger partial charge in [-0.15, -0.1) is 11.3 Å². The molecule has 1 fully saturated rings. The van der Waals surface area contributed by atoms with Crippen molar-refractivity contribution in [3.8, 4) is 10.6 Å². The van der Waals surface area contributed by atoms with Gasteiger partial charge in [0.2, 0.25) is 5.91 Å². The molecular weight excluding hydrogens is 320 g/mol. The Kier molecular flexibility index (Phi) is 5.08. The molecule has 4 nitrogen and oxygen atoms in total. The quantitative estimate of drug-likeness (QED) is 0.911. The highest BCUT2D eigenvalue weighted by Gasteiger charge is 2.16. The van der Waals surface area contributed by atoms with Gasteiger partial charge in [0.05, 0.1) is 18.2 Å². The second kappa shape index (κ2) is 7.22. The summed E-state index contributed by atoms with van der Waals surface area (Å²) in [4.78, 5) is 16.5. The van der Waals surface area contributed by atoms with Gasteiger partial charge in [-0.2, -0.15) is 0 Å². The molecule has 1 amide bonds. The lowest BCUT2D eigenvalue weighted by Gasteiger charge is -2.09. The number of carbonyl (C=O) groups is 1. The minimum absolute atomic E-state index is 0.0107. The Balaban J connectivity index is 1.54. The molecule has 1 unspecified atom stereocenters. The van der Waals surface area contributed by atoms with Gasteiger partial charge in [-0.3, -0.25) is 4.79 Å². The van der Waals surface area contributed by atoms with Gasteiger partial charge in [0.25, 0.3) is 0 Å². The van der Waals surface area contributed by atoms with E-state index in [0.717, 1.165) is 35.7 Å². The molecule has 0 saturated carbocycles. The molecule has 1 saturated heterocycles. The number of rotatable bonds is 5. The van der Waals surface area contributed by atoms with E-state index in [1.807, 2.05) is 29.6 Å². The SMILES string of the molecule is O=C(Cc1csc(-c2ccc(Cl)cc2)n1)NCC1CCCO1. The zero-order chi connectivity index (χ0) is 15.4. The molecule has 116 valence electrons. The van der Waals surface area contributed by atoms with E-state index in [1.54, 1.807) is 0 Å². The van der Waals surface area contributed by atoms with Gasteiger partial charge in [-0.1, -0.05) is 23.7 Å². The maximum absolute atomic E-state index is 11.9. The van der Waals surface area contributed by atoms with Gasteiger partial charge < -0.3 is 10.1 Å². The van der Waals surface area contributed by atoms with Crippen molar-refractivity contribution in [1.29, 1.82) is 0 Å². The number of ether oxygens (including phenoxy) is 1. The van der Waals surface area contributed by atoms with E-state index < -0.39 is 0 Å². The zero-order valence-electron chi connectivity index (χ0n) is 12.0. The summed E-state index contributed by atoms with van der Waals surface area (Å²) in [6.07, 6.45) is 2.58. The highest BCUT2D eigenvalue weighted by atomic mass is 35.5. The minimum Gasteiger partial charge on any atom is -0.376 e. The van der Waals surface area contributed by atoms with Crippen LogP contribution in [0, 0.1) is 0 Å². The summed E-state index contributed by atoms with van der Waals surface area (Å²) in [7, 11) is 0. The van der Waals surface area contributed by atoms with Crippen LogP contribution in [0.3, 0.4) is 0 Å². The Morgan fingerprint density at radius 1 is 1.41 bits per heavy atom. The van der Waals surface area contributed by atoms with E-state index in [0.29, 0.717) is 18.0 Å². The fourth-order valence-electron chi connectivity index (χ4n) is 2.37. The Morgan fingerprint density at radius 2 is 2.23 bits per heavy atom. The number of thiazole rings is 1. The molecule has 1 atom stereocenters. The second-order valence-corrected chi connectivity index (χ2v) is 6.56. The lowest BCUT2D eigenvalue weighted by Crippen LogP contribution is -2.32. The number of aromatic nitrogens is 1. The fourth-order valence-corrected chi connectivity index (χ4v) is 3.33. The summed E-state index contributed by atoms with van der Waals surface area (Å²) in [5, 5.41) is 6.44. The molecule has 1 aliphatic heterocycles. The van der Waals surface area contributed by atoms with E-state index in [2.05, 4.69) is 10.3 Å². The van der Waals surface area contributed by atoms with Gasteiger partial charge in [-0.05, 0) is 25.0 Å². The first-order chi connectivity index (χ1) is 10.7. The number of benzene rings is 1. The van der Waals surface area contributed by atoms with Crippen molar-refractivity contribution in [2.45, 2.75) is 25.4 Å². The number of nitrogens with one attached hydrogen (secondary N) is 1. The average molecular weight is 337 g/mol. The van der Waals surface area contributed by atoms with Crippen LogP contribution in [0.25, 0.3) is 10.6 Å². The van der Waals surface area contributed by atoms with Crippen LogP contribution in [-0.2, 0) is 16.0 Å². The van der Waals surface area contributed by atoms with Crippen molar-refractivity contribution in [2.24, 2.45) is 0 Å². The van der Waals surface area contributed by atoms with Crippen molar-refractivity contribution >= 4 is 28.8 Å². The van der Waals surface area contributed by atoms with Gasteiger partial charge in [-0.25, -0.2) is 4.98 Å². The van der Waals surface area contributed by atoms with Gasteiger partial charge in [0, 0.05) is 29.1 Å². The van der Waals surface area contributed by atoms with Crippen molar-refractivity contribution in [1.82, 2.24) is 10.3 Å². The highest BCUT2D eigenvalue weighted by Crippen LogP contribution is 2.25. The normalized spacial score (nSPS) is 17.6. The van der Waals surface area contributed by atoms with Crippen LogP contribution in [0.15, 0.2) is 29.6 Å². The van der Waals surface area contributed by atoms with E-state index in [-0.39, 0.29) is 12.0 Å². The van der Waals surface area contributed by atoms with Crippen LogP contribution in [0.4, 0.5) is 0 Å². The smallest absolute Gasteiger partial charge is 0.226 e. The molecule has 1 aromatic heterocycles. The van der Waals surface area contributed by atoms with Crippen LogP contribution in [-0.4, -0.2) is 30.1 Å². The lowest BCUT2D eigenvalue weighted by molar-refractivity contribution is -0.121. The number of nitrogens with zero attached hydrogens (tertiary/aromatic N) is 1. The van der Waals surface area contributed by atoms with Gasteiger partial charge in [0.1, 0.15) is 5.01 Å². The Hall–Kier alpha value is -1.43. The van der Waals surface area contributed by atoms with Crippen molar-refractivity contribution in [3.05, 3.63) is 40.4 Å². The first kappa shape index (κ1) is 15.5. The summed E-state index contributed by atoms with van der Waals surface area (Å²) < 4.78 is 5.49. The van der Waals surface area contributed by atoms with Crippen LogP contribution in [0.5, 0.6) is 0 Å². The Labute approximate surface area is 138 Å². The molecule has 2 aromatic rings. The average Bonchev–Trinajstić information content (AvgIpc) is 3.17. The lowest BCUT2D eigenvalue weighted by atomic mass is 10.2.